The zero-order valence-electron chi connectivity index (χ0n) is 13.0. The highest BCUT2D eigenvalue weighted by Gasteiger charge is 2.22. The van der Waals surface area contributed by atoms with Crippen LogP contribution in [0.3, 0.4) is 0 Å². The molecular formula is C12H24N6O5S. The molecule has 0 aliphatic rings. The van der Waals surface area contributed by atoms with E-state index in [2.05, 4.69) is 28.6 Å². The number of carbonyl (C=O) groups excluding carboxylic acids is 3. The molecule has 0 saturated heterocycles. The number of hydrogen-bond acceptors (Lipinski definition) is 8. The second kappa shape index (κ2) is 11.6. The summed E-state index contributed by atoms with van der Waals surface area (Å²) in [6.45, 7) is 0.247. The normalized spacial score (nSPS) is 14.2. The van der Waals surface area contributed by atoms with Crippen LogP contribution in [0.1, 0.15) is 6.42 Å². The SMILES string of the molecule is NCC(N)C(=O)NCCNC(=O)C(CS)NC(=O)C[C@H](N)C(=O)O. The zero-order chi connectivity index (χ0) is 18.7. The Morgan fingerprint density at radius 3 is 2.00 bits per heavy atom. The third-order valence-corrected chi connectivity index (χ3v) is 3.24. The van der Waals surface area contributed by atoms with Crippen molar-refractivity contribution in [2.75, 3.05) is 25.4 Å². The molecule has 0 aliphatic heterocycles. The molecule has 0 aromatic rings. The van der Waals surface area contributed by atoms with Crippen molar-refractivity contribution in [3.63, 3.8) is 0 Å². The van der Waals surface area contributed by atoms with Crippen LogP contribution < -0.4 is 33.2 Å². The lowest BCUT2D eigenvalue weighted by atomic mass is 10.2. The highest BCUT2D eigenvalue weighted by atomic mass is 32.1. The van der Waals surface area contributed by atoms with E-state index in [0.29, 0.717) is 0 Å². The third kappa shape index (κ3) is 8.67. The quantitative estimate of drug-likeness (QED) is 0.133. The Balaban J connectivity index is 4.19. The minimum Gasteiger partial charge on any atom is -0.480 e. The van der Waals surface area contributed by atoms with Crippen molar-refractivity contribution in [1.82, 2.24) is 16.0 Å². The average Bonchev–Trinajstić information content (AvgIpc) is 2.54. The number of nitrogens with two attached hydrogens (primary N) is 3. The highest BCUT2D eigenvalue weighted by Crippen LogP contribution is 1.93. The topological polar surface area (TPSA) is 203 Å². The van der Waals surface area contributed by atoms with E-state index in [1.54, 1.807) is 0 Å². The summed E-state index contributed by atoms with van der Waals surface area (Å²) in [7, 11) is 0. The minimum absolute atomic E-state index is 0.00426. The number of carboxylic acid groups (broad SMARTS) is 1. The van der Waals surface area contributed by atoms with Crippen molar-refractivity contribution in [2.24, 2.45) is 17.2 Å². The first-order chi connectivity index (χ1) is 11.2. The molecule has 0 bridgehead atoms. The predicted octanol–water partition coefficient (Wildman–Crippen LogP) is -4.28. The average molecular weight is 364 g/mol. The van der Waals surface area contributed by atoms with E-state index in [0.717, 1.165) is 0 Å². The van der Waals surface area contributed by atoms with Crippen LogP contribution in [0.5, 0.6) is 0 Å². The van der Waals surface area contributed by atoms with Crippen LogP contribution in [0.15, 0.2) is 0 Å². The van der Waals surface area contributed by atoms with Crippen LogP contribution in [0.4, 0.5) is 0 Å². The molecule has 0 saturated carbocycles. The van der Waals surface area contributed by atoms with Crippen molar-refractivity contribution < 1.29 is 24.3 Å². The smallest absolute Gasteiger partial charge is 0.321 e. The van der Waals surface area contributed by atoms with E-state index < -0.39 is 48.2 Å². The molecule has 0 heterocycles. The summed E-state index contributed by atoms with van der Waals surface area (Å²) in [6, 6.07) is -3.12. The van der Waals surface area contributed by atoms with Gasteiger partial charge in [-0.05, 0) is 0 Å². The number of thiol groups is 1. The second-order valence-corrected chi connectivity index (χ2v) is 5.24. The largest absolute Gasteiger partial charge is 0.480 e. The van der Waals surface area contributed by atoms with Gasteiger partial charge in [0.25, 0.3) is 0 Å². The molecule has 24 heavy (non-hydrogen) atoms. The van der Waals surface area contributed by atoms with Gasteiger partial charge in [0.2, 0.25) is 17.7 Å². The summed E-state index contributed by atoms with van der Waals surface area (Å²) in [5.74, 6) is -2.96. The first-order valence-corrected chi connectivity index (χ1v) is 7.75. The molecule has 138 valence electrons. The minimum atomic E-state index is -1.35. The van der Waals surface area contributed by atoms with Crippen molar-refractivity contribution in [1.29, 1.82) is 0 Å². The fourth-order valence-corrected chi connectivity index (χ4v) is 1.72. The number of rotatable bonds is 11. The predicted molar refractivity (Wildman–Crippen MR) is 89.1 cm³/mol. The van der Waals surface area contributed by atoms with Crippen molar-refractivity contribution >= 4 is 36.3 Å². The van der Waals surface area contributed by atoms with Gasteiger partial charge >= 0.3 is 5.97 Å². The van der Waals surface area contributed by atoms with Gasteiger partial charge in [0.05, 0.1) is 12.5 Å². The molecule has 0 rings (SSSR count). The van der Waals surface area contributed by atoms with Crippen LogP contribution in [0, 0.1) is 0 Å². The van der Waals surface area contributed by atoms with Crippen LogP contribution in [0.25, 0.3) is 0 Å². The van der Waals surface area contributed by atoms with Crippen molar-refractivity contribution in [2.45, 2.75) is 24.5 Å². The number of aliphatic carboxylic acids is 1. The molecule has 11 nitrogen and oxygen atoms in total. The van der Waals surface area contributed by atoms with Gasteiger partial charge in [0.15, 0.2) is 0 Å². The number of hydrogen-bond donors (Lipinski definition) is 8. The number of carbonyl (C=O) groups is 4. The van der Waals surface area contributed by atoms with Gasteiger partial charge in [0.1, 0.15) is 12.1 Å². The summed E-state index contributed by atoms with van der Waals surface area (Å²) in [4.78, 5) is 45.4. The van der Waals surface area contributed by atoms with Crippen LogP contribution in [-0.2, 0) is 19.2 Å². The van der Waals surface area contributed by atoms with Crippen LogP contribution >= 0.6 is 12.6 Å². The van der Waals surface area contributed by atoms with E-state index in [1.807, 2.05) is 0 Å². The Hall–Kier alpha value is -1.89. The van der Waals surface area contributed by atoms with Crippen LogP contribution in [0.2, 0.25) is 0 Å². The van der Waals surface area contributed by atoms with Gasteiger partial charge in [-0.15, -0.1) is 0 Å². The molecule has 3 atom stereocenters. The Labute approximate surface area is 144 Å². The van der Waals surface area contributed by atoms with Crippen molar-refractivity contribution in [3.8, 4) is 0 Å². The number of carboxylic acids is 1. The maximum atomic E-state index is 11.9. The van der Waals surface area contributed by atoms with Gasteiger partial charge in [-0.3, -0.25) is 19.2 Å². The summed E-state index contributed by atoms with van der Waals surface area (Å²) in [5.41, 5.74) is 15.9. The van der Waals surface area contributed by atoms with Gasteiger partial charge in [-0.2, -0.15) is 12.6 Å². The Bertz CT molecular complexity index is 463. The molecule has 2 unspecified atom stereocenters. The summed E-state index contributed by atoms with van der Waals surface area (Å²) < 4.78 is 0. The fourth-order valence-electron chi connectivity index (χ4n) is 1.47. The van der Waals surface area contributed by atoms with E-state index in [9.17, 15) is 19.2 Å². The maximum absolute atomic E-state index is 11.9. The Kier molecular flexibility index (Phi) is 10.7. The molecule has 12 heteroatoms. The molecule has 0 aliphatic carbocycles. The van der Waals surface area contributed by atoms with Gasteiger partial charge in [-0.25, -0.2) is 0 Å². The summed E-state index contributed by atoms with van der Waals surface area (Å²) >= 11 is 3.95. The number of amides is 3. The molecule has 0 aromatic heterocycles. The van der Waals surface area contributed by atoms with Crippen molar-refractivity contribution in [3.05, 3.63) is 0 Å². The lowest BCUT2D eigenvalue weighted by Gasteiger charge is -2.17. The molecule has 10 N–H and O–H groups in total. The lowest BCUT2D eigenvalue weighted by molar-refractivity contribution is -0.140. The Morgan fingerprint density at radius 1 is 1.00 bits per heavy atom. The van der Waals surface area contributed by atoms with E-state index in [-0.39, 0.29) is 25.4 Å². The first kappa shape index (κ1) is 22.1. The monoisotopic (exact) mass is 364 g/mol. The molecule has 0 fully saturated rings. The zero-order valence-corrected chi connectivity index (χ0v) is 13.9. The summed E-state index contributed by atoms with van der Waals surface area (Å²) in [5, 5.41) is 15.9. The lowest BCUT2D eigenvalue weighted by Crippen LogP contribution is -2.51. The molecule has 0 spiro atoms. The van der Waals surface area contributed by atoms with Gasteiger partial charge in [0, 0.05) is 25.4 Å². The van der Waals surface area contributed by atoms with Gasteiger partial charge < -0.3 is 38.3 Å². The fraction of sp³-hybridized carbons (Fsp3) is 0.667. The first-order valence-electron chi connectivity index (χ1n) is 7.12. The van der Waals surface area contributed by atoms with Crippen LogP contribution in [-0.4, -0.2) is 72.3 Å². The van der Waals surface area contributed by atoms with E-state index >= 15 is 0 Å². The summed E-state index contributed by atoms with van der Waals surface area (Å²) in [6.07, 6.45) is -0.458. The Morgan fingerprint density at radius 2 is 1.54 bits per heavy atom. The highest BCUT2D eigenvalue weighted by molar-refractivity contribution is 7.80. The number of nitrogens with one attached hydrogen (secondary N) is 3. The van der Waals surface area contributed by atoms with E-state index in [1.165, 1.54) is 0 Å². The second-order valence-electron chi connectivity index (χ2n) is 4.88. The van der Waals surface area contributed by atoms with E-state index in [4.69, 9.17) is 22.3 Å². The standard InChI is InChI=1S/C12H24N6O5S/c13-4-7(15)10(20)16-1-2-17-11(21)8(5-24)18-9(19)3-6(14)12(22)23/h6-8,24H,1-5,13-15H2,(H,16,20)(H,17,21)(H,18,19)(H,22,23)/t6-,7?,8?/m0/s1. The molecular weight excluding hydrogens is 340 g/mol. The molecule has 0 aromatic carbocycles. The third-order valence-electron chi connectivity index (χ3n) is 2.87. The van der Waals surface area contributed by atoms with Gasteiger partial charge in [-0.1, -0.05) is 0 Å². The molecule has 3 amide bonds. The maximum Gasteiger partial charge on any atom is 0.321 e. The molecule has 0 radical (unpaired) electrons.